The van der Waals surface area contributed by atoms with E-state index in [9.17, 15) is 0 Å². The van der Waals surface area contributed by atoms with Gasteiger partial charge in [0.15, 0.2) is 0 Å². The molecular weight excluding hydrogens is 238 g/mol. The highest BCUT2D eigenvalue weighted by Gasteiger charge is 2.14. The first-order valence-electron chi connectivity index (χ1n) is 6.53. The summed E-state index contributed by atoms with van der Waals surface area (Å²) in [5.74, 6) is 2.28. The van der Waals surface area contributed by atoms with Gasteiger partial charge < -0.3 is 15.0 Å². The molecule has 2 N–H and O–H groups in total. The van der Waals surface area contributed by atoms with Crippen LogP contribution < -0.4 is 10.5 Å². The number of ether oxygens (including phenoxy) is 1. The monoisotopic (exact) mass is 259 g/mol. The number of methoxy groups -OCH3 is 1. The summed E-state index contributed by atoms with van der Waals surface area (Å²) in [7, 11) is 1.67. The third-order valence-corrected chi connectivity index (χ3v) is 3.20. The van der Waals surface area contributed by atoms with E-state index in [0.29, 0.717) is 12.5 Å². The molecule has 1 aromatic heterocycles. The van der Waals surface area contributed by atoms with Crippen LogP contribution in [0.4, 0.5) is 0 Å². The molecule has 0 aliphatic rings. The average Bonchev–Trinajstić information content (AvgIpc) is 2.87. The molecule has 0 radical (unpaired) electrons. The molecule has 0 aliphatic carbocycles. The van der Waals surface area contributed by atoms with Crippen molar-refractivity contribution in [3.63, 3.8) is 0 Å². The Balaban J connectivity index is 2.21. The van der Waals surface area contributed by atoms with Crippen molar-refractivity contribution < 1.29 is 4.74 Å². The Hall–Kier alpha value is -1.81. The Kier molecular flexibility index (Phi) is 4.22. The van der Waals surface area contributed by atoms with Crippen molar-refractivity contribution in [1.29, 1.82) is 0 Å². The number of hydrogen-bond acceptors (Lipinski definition) is 3. The van der Waals surface area contributed by atoms with Gasteiger partial charge in [0, 0.05) is 30.4 Å². The second-order valence-electron chi connectivity index (χ2n) is 4.94. The van der Waals surface area contributed by atoms with Gasteiger partial charge in [-0.25, -0.2) is 4.98 Å². The van der Waals surface area contributed by atoms with Crippen LogP contribution in [0.1, 0.15) is 37.2 Å². The van der Waals surface area contributed by atoms with Crippen LogP contribution in [0, 0.1) is 0 Å². The van der Waals surface area contributed by atoms with Crippen molar-refractivity contribution in [3.05, 3.63) is 48.0 Å². The van der Waals surface area contributed by atoms with Gasteiger partial charge in [0.2, 0.25) is 0 Å². The molecule has 1 heterocycles. The van der Waals surface area contributed by atoms with Crippen LogP contribution in [0.15, 0.2) is 36.7 Å². The highest BCUT2D eigenvalue weighted by atomic mass is 16.5. The Morgan fingerprint density at radius 3 is 2.74 bits per heavy atom. The molecule has 1 unspecified atom stereocenters. The standard InChI is InChI=1S/C15H21N3O/c1-11(2)15-17-8-9-18(15)10-13(16)12-6-4-5-7-14(12)19-3/h4-9,11,13H,10,16H2,1-3H3. The predicted octanol–water partition coefficient (Wildman–Crippen LogP) is 2.72. The largest absolute Gasteiger partial charge is 0.496 e. The Morgan fingerprint density at radius 2 is 2.05 bits per heavy atom. The molecule has 0 saturated heterocycles. The first-order chi connectivity index (χ1) is 9.13. The van der Waals surface area contributed by atoms with E-state index in [1.54, 1.807) is 7.11 Å². The predicted molar refractivity (Wildman–Crippen MR) is 76.2 cm³/mol. The molecule has 0 amide bonds. The van der Waals surface area contributed by atoms with Crippen molar-refractivity contribution in [2.45, 2.75) is 32.4 Å². The molecule has 4 nitrogen and oxygen atoms in total. The zero-order valence-corrected chi connectivity index (χ0v) is 11.7. The third kappa shape index (κ3) is 2.96. The smallest absolute Gasteiger partial charge is 0.123 e. The third-order valence-electron chi connectivity index (χ3n) is 3.20. The van der Waals surface area contributed by atoms with E-state index in [1.165, 1.54) is 0 Å². The average molecular weight is 259 g/mol. The van der Waals surface area contributed by atoms with Gasteiger partial charge in [-0.3, -0.25) is 0 Å². The van der Waals surface area contributed by atoms with Gasteiger partial charge in [0.1, 0.15) is 11.6 Å². The molecule has 0 fully saturated rings. The van der Waals surface area contributed by atoms with E-state index in [2.05, 4.69) is 23.4 Å². The first kappa shape index (κ1) is 13.6. The number of imidazole rings is 1. The number of para-hydroxylation sites is 1. The van der Waals surface area contributed by atoms with E-state index in [-0.39, 0.29) is 6.04 Å². The van der Waals surface area contributed by atoms with Crippen molar-refractivity contribution in [2.24, 2.45) is 5.73 Å². The molecule has 0 saturated carbocycles. The number of nitrogens with two attached hydrogens (primary N) is 1. The van der Waals surface area contributed by atoms with Crippen LogP contribution in [0.5, 0.6) is 5.75 Å². The van der Waals surface area contributed by atoms with Gasteiger partial charge in [-0.1, -0.05) is 32.0 Å². The molecule has 19 heavy (non-hydrogen) atoms. The fourth-order valence-corrected chi connectivity index (χ4v) is 2.26. The summed E-state index contributed by atoms with van der Waals surface area (Å²) < 4.78 is 7.47. The van der Waals surface area contributed by atoms with Crippen LogP contribution in [-0.2, 0) is 6.54 Å². The quantitative estimate of drug-likeness (QED) is 0.898. The molecule has 0 bridgehead atoms. The van der Waals surface area contributed by atoms with Gasteiger partial charge in [-0.15, -0.1) is 0 Å². The zero-order chi connectivity index (χ0) is 13.8. The van der Waals surface area contributed by atoms with Crippen molar-refractivity contribution in [3.8, 4) is 5.75 Å². The molecular formula is C15H21N3O. The summed E-state index contributed by atoms with van der Waals surface area (Å²) in [6, 6.07) is 7.77. The number of rotatable bonds is 5. The van der Waals surface area contributed by atoms with E-state index >= 15 is 0 Å². The number of nitrogens with zero attached hydrogens (tertiary/aromatic N) is 2. The Bertz CT molecular complexity index is 534. The normalized spacial score (nSPS) is 12.7. The highest BCUT2D eigenvalue weighted by Crippen LogP contribution is 2.25. The Labute approximate surface area is 114 Å². The molecule has 2 aromatic rings. The van der Waals surface area contributed by atoms with Crippen LogP contribution in [0.3, 0.4) is 0 Å². The molecule has 1 aromatic carbocycles. The molecule has 0 spiro atoms. The maximum atomic E-state index is 6.30. The first-order valence-corrected chi connectivity index (χ1v) is 6.53. The summed E-state index contributed by atoms with van der Waals surface area (Å²) in [6.07, 6.45) is 3.80. The second kappa shape index (κ2) is 5.89. The minimum absolute atomic E-state index is 0.108. The molecule has 4 heteroatoms. The zero-order valence-electron chi connectivity index (χ0n) is 11.7. The van der Waals surface area contributed by atoms with E-state index < -0.39 is 0 Å². The van der Waals surface area contributed by atoms with Gasteiger partial charge >= 0.3 is 0 Å². The lowest BCUT2D eigenvalue weighted by Crippen LogP contribution is -2.19. The van der Waals surface area contributed by atoms with Gasteiger partial charge in [-0.2, -0.15) is 0 Å². The van der Waals surface area contributed by atoms with Gasteiger partial charge in [-0.05, 0) is 6.07 Å². The highest BCUT2D eigenvalue weighted by molar-refractivity contribution is 5.35. The molecule has 1 atom stereocenters. The summed E-state index contributed by atoms with van der Waals surface area (Å²) in [5, 5.41) is 0. The summed E-state index contributed by atoms with van der Waals surface area (Å²) in [4.78, 5) is 4.38. The van der Waals surface area contributed by atoms with Crippen LogP contribution in [0.2, 0.25) is 0 Å². The number of hydrogen-bond donors (Lipinski definition) is 1. The fraction of sp³-hybridized carbons (Fsp3) is 0.400. The van der Waals surface area contributed by atoms with E-state index in [4.69, 9.17) is 10.5 Å². The molecule has 102 valence electrons. The van der Waals surface area contributed by atoms with Crippen molar-refractivity contribution in [1.82, 2.24) is 9.55 Å². The molecule has 2 rings (SSSR count). The van der Waals surface area contributed by atoms with E-state index in [0.717, 1.165) is 17.1 Å². The van der Waals surface area contributed by atoms with Crippen LogP contribution in [0.25, 0.3) is 0 Å². The topological polar surface area (TPSA) is 53.1 Å². The SMILES string of the molecule is COc1ccccc1C(N)Cn1ccnc1C(C)C. The number of aromatic nitrogens is 2. The fourth-order valence-electron chi connectivity index (χ4n) is 2.26. The van der Waals surface area contributed by atoms with Crippen LogP contribution >= 0.6 is 0 Å². The minimum atomic E-state index is -0.108. The summed E-state index contributed by atoms with van der Waals surface area (Å²) in [5.41, 5.74) is 7.32. The van der Waals surface area contributed by atoms with Crippen molar-refractivity contribution >= 4 is 0 Å². The second-order valence-corrected chi connectivity index (χ2v) is 4.94. The van der Waals surface area contributed by atoms with Crippen LogP contribution in [-0.4, -0.2) is 16.7 Å². The minimum Gasteiger partial charge on any atom is -0.496 e. The Morgan fingerprint density at radius 1 is 1.32 bits per heavy atom. The van der Waals surface area contributed by atoms with E-state index in [1.807, 2.05) is 36.7 Å². The lowest BCUT2D eigenvalue weighted by atomic mass is 10.1. The lowest BCUT2D eigenvalue weighted by molar-refractivity contribution is 0.401. The lowest BCUT2D eigenvalue weighted by Gasteiger charge is -2.18. The summed E-state index contributed by atoms with van der Waals surface area (Å²) in [6.45, 7) is 4.97. The number of benzene rings is 1. The van der Waals surface area contributed by atoms with Gasteiger partial charge in [0.25, 0.3) is 0 Å². The maximum Gasteiger partial charge on any atom is 0.123 e. The van der Waals surface area contributed by atoms with Crippen molar-refractivity contribution in [2.75, 3.05) is 7.11 Å². The van der Waals surface area contributed by atoms with Gasteiger partial charge in [0.05, 0.1) is 13.2 Å². The summed E-state index contributed by atoms with van der Waals surface area (Å²) >= 11 is 0. The maximum absolute atomic E-state index is 6.30. The molecule has 0 aliphatic heterocycles.